The molecule has 6 nitrogen and oxygen atoms in total. The summed E-state index contributed by atoms with van der Waals surface area (Å²) in [5.74, 6) is 2.48. The molecule has 3 saturated heterocycles. The number of epoxide rings is 3. The van der Waals surface area contributed by atoms with Gasteiger partial charge in [-0.1, -0.05) is 84.9 Å². The summed E-state index contributed by atoms with van der Waals surface area (Å²) in [6.07, 6.45) is 0.554. The normalized spacial score (nSPS) is 20.0. The molecule has 3 unspecified atom stereocenters. The molecule has 0 amide bonds. The van der Waals surface area contributed by atoms with Gasteiger partial charge in [0, 0.05) is 17.0 Å². The predicted molar refractivity (Wildman–Crippen MR) is 177 cm³/mol. The van der Waals surface area contributed by atoms with E-state index in [-0.39, 0.29) is 24.2 Å². The van der Waals surface area contributed by atoms with Gasteiger partial charge in [0.05, 0.1) is 19.8 Å². The molecule has 5 aromatic rings. The molecule has 5 aromatic carbocycles. The Morgan fingerprint density at radius 2 is 0.891 bits per heavy atom. The van der Waals surface area contributed by atoms with Crippen LogP contribution in [0.2, 0.25) is 0 Å². The van der Waals surface area contributed by atoms with Crippen LogP contribution in [0.3, 0.4) is 0 Å². The Labute approximate surface area is 269 Å². The largest absolute Gasteiger partial charge is 0.491 e. The van der Waals surface area contributed by atoms with Gasteiger partial charge in [-0.15, -0.1) is 0 Å². The maximum absolute atomic E-state index is 6.29. The quantitative estimate of drug-likeness (QED) is 0.0954. The predicted octanol–water partition coefficient (Wildman–Crippen LogP) is 7.53. The molecule has 232 valence electrons. The minimum Gasteiger partial charge on any atom is -0.491 e. The Morgan fingerprint density at radius 1 is 0.478 bits per heavy atom. The molecule has 0 spiro atoms. The van der Waals surface area contributed by atoms with Crippen molar-refractivity contribution in [3.8, 4) is 39.5 Å². The van der Waals surface area contributed by atoms with E-state index in [4.69, 9.17) is 28.4 Å². The molecule has 0 aromatic heterocycles. The van der Waals surface area contributed by atoms with Crippen LogP contribution in [0.5, 0.6) is 17.2 Å². The first kappa shape index (κ1) is 28.8. The highest BCUT2D eigenvalue weighted by molar-refractivity contribution is 5.74. The van der Waals surface area contributed by atoms with Crippen LogP contribution < -0.4 is 14.2 Å². The molecule has 3 aliphatic rings. The van der Waals surface area contributed by atoms with Crippen molar-refractivity contribution in [1.29, 1.82) is 0 Å². The third-order valence-electron chi connectivity index (χ3n) is 8.55. The van der Waals surface area contributed by atoms with Crippen LogP contribution in [0.25, 0.3) is 22.3 Å². The Hall–Kier alpha value is -4.62. The molecule has 0 N–H and O–H groups in total. The fourth-order valence-electron chi connectivity index (χ4n) is 5.77. The smallest absolute Gasteiger partial charge is 0.127 e. The van der Waals surface area contributed by atoms with Gasteiger partial charge in [-0.3, -0.25) is 0 Å². The van der Waals surface area contributed by atoms with Gasteiger partial charge in [0.25, 0.3) is 0 Å². The van der Waals surface area contributed by atoms with Gasteiger partial charge in [-0.05, 0) is 64.2 Å². The van der Waals surface area contributed by atoms with Crippen molar-refractivity contribution in [3.63, 3.8) is 0 Å². The Kier molecular flexibility index (Phi) is 8.15. The van der Waals surface area contributed by atoms with Crippen molar-refractivity contribution in [2.75, 3.05) is 39.6 Å². The summed E-state index contributed by atoms with van der Waals surface area (Å²) in [4.78, 5) is 0. The van der Waals surface area contributed by atoms with Crippen molar-refractivity contribution in [3.05, 3.63) is 138 Å². The zero-order valence-electron chi connectivity index (χ0n) is 25.5. The number of hydrogen-bond acceptors (Lipinski definition) is 6. The number of hydrogen-bond donors (Lipinski definition) is 0. The monoisotopic (exact) mass is 612 g/mol. The van der Waals surface area contributed by atoms with Crippen molar-refractivity contribution >= 4 is 0 Å². The summed E-state index contributed by atoms with van der Waals surface area (Å²) in [5, 5.41) is 0. The third-order valence-corrected chi connectivity index (χ3v) is 8.55. The Balaban J connectivity index is 1.21. The molecular formula is C40H36O6. The summed E-state index contributed by atoms with van der Waals surface area (Å²) in [6.45, 7) is 3.95. The van der Waals surface area contributed by atoms with Crippen LogP contribution in [-0.4, -0.2) is 58.0 Å². The molecule has 6 heteroatoms. The first-order valence-corrected chi connectivity index (χ1v) is 16.0. The van der Waals surface area contributed by atoms with Gasteiger partial charge in [-0.25, -0.2) is 0 Å². The standard InChI is InChI=1S/C40H36O6/c1-3-7-27(8-4-1)36-19-30(13-17-38(36)45-25-34-23-43-34)40(29-11-15-32(16-12-29)41-21-33-22-42-33)31-14-18-39(46-26-35-24-44-35)37(20-31)28-9-5-2-6-10-28/h1-20,33-35,40H,21-26H2. The average molecular weight is 613 g/mol. The fourth-order valence-corrected chi connectivity index (χ4v) is 5.77. The van der Waals surface area contributed by atoms with Gasteiger partial charge >= 0.3 is 0 Å². The van der Waals surface area contributed by atoms with Crippen LogP contribution in [0.4, 0.5) is 0 Å². The second-order valence-corrected chi connectivity index (χ2v) is 12.0. The zero-order valence-corrected chi connectivity index (χ0v) is 25.5. The maximum atomic E-state index is 6.29. The van der Waals surface area contributed by atoms with E-state index in [9.17, 15) is 0 Å². The minimum atomic E-state index is -0.0626. The summed E-state index contributed by atoms with van der Waals surface area (Å²) >= 11 is 0. The van der Waals surface area contributed by atoms with E-state index in [0.717, 1.165) is 76.0 Å². The summed E-state index contributed by atoms with van der Waals surface area (Å²) < 4.78 is 34.8. The SMILES string of the molecule is c1ccc(-c2cc(C(c3ccc(OCC4CO4)cc3)c3ccc(OCC4CO4)c(-c4ccccc4)c3)ccc2OCC2CO2)cc1. The van der Waals surface area contributed by atoms with Gasteiger partial charge in [0.1, 0.15) is 55.4 Å². The van der Waals surface area contributed by atoms with Crippen molar-refractivity contribution in [2.24, 2.45) is 0 Å². The van der Waals surface area contributed by atoms with Crippen LogP contribution in [0.15, 0.2) is 121 Å². The Bertz CT molecular complexity index is 1660. The summed E-state index contributed by atoms with van der Waals surface area (Å²) in [7, 11) is 0. The molecule has 3 heterocycles. The first-order chi connectivity index (χ1) is 22.8. The van der Waals surface area contributed by atoms with E-state index < -0.39 is 0 Å². The molecule has 3 atom stereocenters. The lowest BCUT2D eigenvalue weighted by Gasteiger charge is -2.23. The molecule has 0 aliphatic carbocycles. The molecule has 8 rings (SSSR count). The van der Waals surface area contributed by atoms with E-state index in [1.165, 1.54) is 0 Å². The molecule has 3 aliphatic heterocycles. The van der Waals surface area contributed by atoms with Crippen molar-refractivity contribution in [1.82, 2.24) is 0 Å². The molecule has 0 bridgehead atoms. The number of benzene rings is 5. The molecular weight excluding hydrogens is 576 g/mol. The summed E-state index contributed by atoms with van der Waals surface area (Å²) in [6, 6.07) is 42.4. The van der Waals surface area contributed by atoms with Gasteiger partial charge in [0.2, 0.25) is 0 Å². The van der Waals surface area contributed by atoms with Crippen LogP contribution >= 0.6 is 0 Å². The lowest BCUT2D eigenvalue weighted by Crippen LogP contribution is -2.09. The van der Waals surface area contributed by atoms with Gasteiger partial charge in [-0.2, -0.15) is 0 Å². The fraction of sp³-hybridized carbons (Fsp3) is 0.250. The van der Waals surface area contributed by atoms with Crippen molar-refractivity contribution in [2.45, 2.75) is 24.2 Å². The highest BCUT2D eigenvalue weighted by Gasteiger charge is 2.27. The highest BCUT2D eigenvalue weighted by Crippen LogP contribution is 2.41. The van der Waals surface area contributed by atoms with E-state index in [1.54, 1.807) is 0 Å². The second kappa shape index (κ2) is 13.0. The highest BCUT2D eigenvalue weighted by atomic mass is 16.6. The minimum absolute atomic E-state index is 0.0626. The van der Waals surface area contributed by atoms with Crippen LogP contribution in [0, 0.1) is 0 Å². The maximum Gasteiger partial charge on any atom is 0.127 e. The van der Waals surface area contributed by atoms with E-state index >= 15 is 0 Å². The van der Waals surface area contributed by atoms with E-state index in [1.807, 2.05) is 12.1 Å². The van der Waals surface area contributed by atoms with Crippen LogP contribution in [0.1, 0.15) is 22.6 Å². The molecule has 3 fully saturated rings. The summed E-state index contributed by atoms with van der Waals surface area (Å²) in [5.41, 5.74) is 7.81. The van der Waals surface area contributed by atoms with E-state index in [2.05, 4.69) is 109 Å². The number of rotatable bonds is 14. The Morgan fingerprint density at radius 3 is 1.33 bits per heavy atom. The van der Waals surface area contributed by atoms with Gasteiger partial charge < -0.3 is 28.4 Å². The van der Waals surface area contributed by atoms with Crippen LogP contribution in [-0.2, 0) is 14.2 Å². The number of ether oxygens (including phenoxy) is 6. The lowest BCUT2D eigenvalue weighted by molar-refractivity contribution is 0.263. The molecule has 0 radical (unpaired) electrons. The van der Waals surface area contributed by atoms with E-state index in [0.29, 0.717) is 19.8 Å². The first-order valence-electron chi connectivity index (χ1n) is 16.0. The molecule has 0 saturated carbocycles. The van der Waals surface area contributed by atoms with Gasteiger partial charge in [0.15, 0.2) is 0 Å². The van der Waals surface area contributed by atoms with Crippen molar-refractivity contribution < 1.29 is 28.4 Å². The topological polar surface area (TPSA) is 65.3 Å². The average Bonchev–Trinajstić information content (AvgIpc) is 3.96. The lowest BCUT2D eigenvalue weighted by atomic mass is 9.82. The molecule has 46 heavy (non-hydrogen) atoms. The zero-order chi connectivity index (χ0) is 30.7. The third kappa shape index (κ3) is 6.95. The second-order valence-electron chi connectivity index (χ2n) is 12.0.